The SMILES string of the molecule is CCc1cc(Br)c(OC(=O)CCc2ccccc2)c(Br)c1O. The zero-order valence-electron chi connectivity index (χ0n) is 12.1. The zero-order valence-corrected chi connectivity index (χ0v) is 15.3. The van der Waals surface area contributed by atoms with Gasteiger partial charge in [-0.05, 0) is 61.9 Å². The van der Waals surface area contributed by atoms with Crippen LogP contribution in [0.4, 0.5) is 0 Å². The Labute approximate surface area is 146 Å². The molecule has 0 spiro atoms. The third-order valence-corrected chi connectivity index (χ3v) is 4.61. The summed E-state index contributed by atoms with van der Waals surface area (Å²) in [5.41, 5.74) is 1.87. The van der Waals surface area contributed by atoms with Gasteiger partial charge < -0.3 is 9.84 Å². The van der Waals surface area contributed by atoms with Crippen molar-refractivity contribution >= 4 is 37.8 Å². The maximum absolute atomic E-state index is 12.0. The fraction of sp³-hybridized carbons (Fsp3) is 0.235. The Morgan fingerprint density at radius 1 is 1.23 bits per heavy atom. The molecule has 0 aliphatic heterocycles. The van der Waals surface area contributed by atoms with Crippen LogP contribution >= 0.6 is 31.9 Å². The summed E-state index contributed by atoms with van der Waals surface area (Å²) in [6.45, 7) is 1.94. The second-order valence-electron chi connectivity index (χ2n) is 4.82. The average Bonchev–Trinajstić information content (AvgIpc) is 2.54. The molecule has 0 bridgehead atoms. The summed E-state index contributed by atoms with van der Waals surface area (Å²) in [6.07, 6.45) is 1.58. The van der Waals surface area contributed by atoms with E-state index in [0.717, 1.165) is 11.1 Å². The number of esters is 1. The molecule has 2 rings (SSSR count). The van der Waals surface area contributed by atoms with Gasteiger partial charge in [-0.25, -0.2) is 0 Å². The topological polar surface area (TPSA) is 46.5 Å². The van der Waals surface area contributed by atoms with Crippen LogP contribution in [-0.2, 0) is 17.6 Å². The minimum atomic E-state index is -0.339. The molecule has 0 amide bonds. The standard InChI is InChI=1S/C17H16Br2O3/c1-2-12-10-13(18)17(15(19)16(12)21)22-14(20)9-8-11-6-4-3-5-7-11/h3-7,10,21H,2,8-9H2,1H3. The van der Waals surface area contributed by atoms with Crippen LogP contribution in [0.3, 0.4) is 0 Å². The fourth-order valence-electron chi connectivity index (χ4n) is 2.06. The summed E-state index contributed by atoms with van der Waals surface area (Å²) in [4.78, 5) is 12.0. The summed E-state index contributed by atoms with van der Waals surface area (Å²) in [7, 11) is 0. The first-order valence-electron chi connectivity index (χ1n) is 6.97. The highest BCUT2D eigenvalue weighted by Gasteiger charge is 2.18. The van der Waals surface area contributed by atoms with Crippen molar-refractivity contribution in [3.8, 4) is 11.5 Å². The number of ether oxygens (including phenoxy) is 1. The van der Waals surface area contributed by atoms with Gasteiger partial charge in [0, 0.05) is 6.42 Å². The number of carbonyl (C=O) groups excluding carboxylic acids is 1. The molecule has 0 atom stereocenters. The Hall–Kier alpha value is -1.33. The highest BCUT2D eigenvalue weighted by molar-refractivity contribution is 9.11. The lowest BCUT2D eigenvalue weighted by atomic mass is 10.1. The molecule has 0 saturated carbocycles. The van der Waals surface area contributed by atoms with Crippen LogP contribution in [0.5, 0.6) is 11.5 Å². The van der Waals surface area contributed by atoms with Gasteiger partial charge in [0.25, 0.3) is 0 Å². The van der Waals surface area contributed by atoms with Gasteiger partial charge >= 0.3 is 5.97 Å². The molecular weight excluding hydrogens is 412 g/mol. The van der Waals surface area contributed by atoms with Crippen molar-refractivity contribution in [2.24, 2.45) is 0 Å². The van der Waals surface area contributed by atoms with Gasteiger partial charge in [-0.15, -0.1) is 0 Å². The molecular formula is C17H16Br2O3. The predicted octanol–water partition coefficient (Wildman–Crippen LogP) is 5.02. The number of aryl methyl sites for hydroxylation is 2. The van der Waals surface area contributed by atoms with Crippen LogP contribution in [0.2, 0.25) is 0 Å². The van der Waals surface area contributed by atoms with Crippen LogP contribution in [0.1, 0.15) is 24.5 Å². The molecule has 1 N–H and O–H groups in total. The van der Waals surface area contributed by atoms with E-state index in [-0.39, 0.29) is 18.1 Å². The monoisotopic (exact) mass is 426 g/mol. The maximum Gasteiger partial charge on any atom is 0.311 e. The van der Waals surface area contributed by atoms with Crippen LogP contribution in [0, 0.1) is 0 Å². The van der Waals surface area contributed by atoms with Gasteiger partial charge in [-0.3, -0.25) is 4.79 Å². The van der Waals surface area contributed by atoms with Gasteiger partial charge in [0.2, 0.25) is 0 Å². The number of phenols is 1. The first-order chi connectivity index (χ1) is 10.5. The molecule has 3 nitrogen and oxygen atoms in total. The van der Waals surface area contributed by atoms with E-state index in [1.807, 2.05) is 37.3 Å². The lowest BCUT2D eigenvalue weighted by Crippen LogP contribution is -2.10. The molecule has 5 heteroatoms. The Bertz CT molecular complexity index is 669. The van der Waals surface area contributed by atoms with Gasteiger partial charge in [-0.2, -0.15) is 0 Å². The molecule has 0 radical (unpaired) electrons. The minimum Gasteiger partial charge on any atom is -0.506 e. The number of benzene rings is 2. The molecule has 0 heterocycles. The van der Waals surface area contributed by atoms with Gasteiger partial charge in [0.15, 0.2) is 5.75 Å². The number of carbonyl (C=O) groups is 1. The quantitative estimate of drug-likeness (QED) is 0.538. The lowest BCUT2D eigenvalue weighted by Gasteiger charge is -2.12. The predicted molar refractivity (Wildman–Crippen MR) is 93.3 cm³/mol. The lowest BCUT2D eigenvalue weighted by molar-refractivity contribution is -0.134. The normalized spacial score (nSPS) is 10.5. The smallest absolute Gasteiger partial charge is 0.311 e. The van der Waals surface area contributed by atoms with Crippen molar-refractivity contribution < 1.29 is 14.6 Å². The molecule has 0 fully saturated rings. The van der Waals surface area contributed by atoms with E-state index >= 15 is 0 Å². The second kappa shape index (κ2) is 7.79. The van der Waals surface area contributed by atoms with Crippen LogP contribution in [0.25, 0.3) is 0 Å². The van der Waals surface area contributed by atoms with Gasteiger partial charge in [-0.1, -0.05) is 37.3 Å². The van der Waals surface area contributed by atoms with Crippen molar-refractivity contribution in [3.63, 3.8) is 0 Å². The first kappa shape index (κ1) is 17.0. The van der Waals surface area contributed by atoms with E-state index in [1.165, 1.54) is 0 Å². The van der Waals surface area contributed by atoms with Crippen molar-refractivity contribution in [2.75, 3.05) is 0 Å². The molecule has 0 aliphatic carbocycles. The molecule has 22 heavy (non-hydrogen) atoms. The Kier molecular flexibility index (Phi) is 6.03. The summed E-state index contributed by atoms with van der Waals surface area (Å²) >= 11 is 6.67. The highest BCUT2D eigenvalue weighted by Crippen LogP contribution is 2.42. The first-order valence-corrected chi connectivity index (χ1v) is 8.56. The van der Waals surface area contributed by atoms with E-state index in [0.29, 0.717) is 27.5 Å². The van der Waals surface area contributed by atoms with Crippen LogP contribution in [0.15, 0.2) is 45.3 Å². The van der Waals surface area contributed by atoms with E-state index < -0.39 is 0 Å². The zero-order chi connectivity index (χ0) is 16.1. The fourth-order valence-corrected chi connectivity index (χ4v) is 3.43. The summed E-state index contributed by atoms with van der Waals surface area (Å²) < 4.78 is 6.42. The Balaban J connectivity index is 2.07. The average molecular weight is 428 g/mol. The van der Waals surface area contributed by atoms with Crippen molar-refractivity contribution in [1.29, 1.82) is 0 Å². The number of hydrogen-bond donors (Lipinski definition) is 1. The van der Waals surface area contributed by atoms with Gasteiger partial charge in [0.05, 0.1) is 4.47 Å². The largest absolute Gasteiger partial charge is 0.506 e. The van der Waals surface area contributed by atoms with Crippen LogP contribution < -0.4 is 4.74 Å². The van der Waals surface area contributed by atoms with E-state index in [4.69, 9.17) is 4.74 Å². The van der Waals surface area contributed by atoms with Crippen LogP contribution in [-0.4, -0.2) is 11.1 Å². The summed E-state index contributed by atoms with van der Waals surface area (Å²) in [5.74, 6) is 0.0817. The third-order valence-electron chi connectivity index (χ3n) is 3.29. The molecule has 2 aromatic carbocycles. The summed E-state index contributed by atoms with van der Waals surface area (Å²) in [6, 6.07) is 11.5. The summed E-state index contributed by atoms with van der Waals surface area (Å²) in [5, 5.41) is 10.1. The van der Waals surface area contributed by atoms with E-state index in [2.05, 4.69) is 31.9 Å². The van der Waals surface area contributed by atoms with Crippen molar-refractivity contribution in [1.82, 2.24) is 0 Å². The minimum absolute atomic E-state index is 0.108. The molecule has 116 valence electrons. The molecule has 0 aliphatic rings. The number of aromatic hydroxyl groups is 1. The number of phenolic OH excluding ortho intramolecular Hbond substituents is 1. The highest BCUT2D eigenvalue weighted by atomic mass is 79.9. The second-order valence-corrected chi connectivity index (χ2v) is 6.47. The molecule has 0 aromatic heterocycles. The number of hydrogen-bond acceptors (Lipinski definition) is 3. The Morgan fingerprint density at radius 2 is 1.91 bits per heavy atom. The molecule has 2 aromatic rings. The van der Waals surface area contributed by atoms with E-state index in [9.17, 15) is 9.90 Å². The number of rotatable bonds is 5. The maximum atomic E-state index is 12.0. The van der Waals surface area contributed by atoms with E-state index in [1.54, 1.807) is 6.07 Å². The third kappa shape index (κ3) is 4.11. The molecule has 0 unspecified atom stereocenters. The Morgan fingerprint density at radius 3 is 2.55 bits per heavy atom. The molecule has 0 saturated heterocycles. The van der Waals surface area contributed by atoms with Crippen molar-refractivity contribution in [2.45, 2.75) is 26.2 Å². The van der Waals surface area contributed by atoms with Gasteiger partial charge in [0.1, 0.15) is 10.2 Å². The number of halogens is 2. The van der Waals surface area contributed by atoms with Crippen molar-refractivity contribution in [3.05, 3.63) is 56.5 Å².